The average molecular weight is 372 g/mol. The minimum absolute atomic E-state index is 0.0232. The molecule has 2 aromatic carbocycles. The van der Waals surface area contributed by atoms with Gasteiger partial charge in [0.25, 0.3) is 0 Å². The molecule has 1 heterocycles. The van der Waals surface area contributed by atoms with Gasteiger partial charge in [0.05, 0.1) is 12.7 Å². The molecular formula is C22H29FN2O2. The number of halogens is 1. The molecule has 0 radical (unpaired) electrons. The molecule has 2 N–H and O–H groups in total. The molecule has 0 bridgehead atoms. The van der Waals surface area contributed by atoms with Gasteiger partial charge < -0.3 is 15.2 Å². The number of hydrogen-bond acceptors (Lipinski definition) is 4. The molecule has 5 heteroatoms. The summed E-state index contributed by atoms with van der Waals surface area (Å²) in [5.41, 5.74) is 2.97. The Labute approximate surface area is 161 Å². The Morgan fingerprint density at radius 2 is 2.00 bits per heavy atom. The van der Waals surface area contributed by atoms with Gasteiger partial charge in [-0.25, -0.2) is 4.39 Å². The van der Waals surface area contributed by atoms with E-state index in [0.717, 1.165) is 49.5 Å². The highest BCUT2D eigenvalue weighted by Crippen LogP contribution is 2.24. The second kappa shape index (κ2) is 9.20. The van der Waals surface area contributed by atoms with Gasteiger partial charge in [-0.15, -0.1) is 0 Å². The molecule has 0 amide bonds. The fourth-order valence-corrected chi connectivity index (χ4v) is 3.58. The second-order valence-corrected chi connectivity index (χ2v) is 7.49. The van der Waals surface area contributed by atoms with E-state index in [1.54, 1.807) is 12.1 Å². The number of nitrogens with one attached hydrogen (secondary N) is 1. The van der Waals surface area contributed by atoms with E-state index in [1.165, 1.54) is 17.7 Å². The lowest BCUT2D eigenvalue weighted by atomic mass is 10.0. The topological polar surface area (TPSA) is 44.7 Å². The fourth-order valence-electron chi connectivity index (χ4n) is 3.58. The van der Waals surface area contributed by atoms with Crippen LogP contribution in [0.2, 0.25) is 0 Å². The number of piperidine rings is 1. The van der Waals surface area contributed by atoms with Crippen LogP contribution in [-0.2, 0) is 13.2 Å². The van der Waals surface area contributed by atoms with E-state index in [1.807, 2.05) is 26.0 Å². The predicted octanol–water partition coefficient (Wildman–Crippen LogP) is 4.18. The summed E-state index contributed by atoms with van der Waals surface area (Å²) in [6.45, 7) is 6.78. The third-order valence-corrected chi connectivity index (χ3v) is 4.78. The van der Waals surface area contributed by atoms with Gasteiger partial charge in [-0.3, -0.25) is 4.90 Å². The number of ether oxygens (including phenoxy) is 1. The molecule has 1 fully saturated rings. The lowest BCUT2D eigenvalue weighted by molar-refractivity contribution is 0.207. The highest BCUT2D eigenvalue weighted by molar-refractivity contribution is 5.44. The van der Waals surface area contributed by atoms with E-state index in [9.17, 15) is 9.50 Å². The van der Waals surface area contributed by atoms with Crippen LogP contribution in [0.1, 0.15) is 37.8 Å². The number of hydrogen-bond donors (Lipinski definition) is 2. The van der Waals surface area contributed by atoms with E-state index in [4.69, 9.17) is 4.74 Å². The van der Waals surface area contributed by atoms with Crippen molar-refractivity contribution in [2.24, 2.45) is 0 Å². The second-order valence-electron chi connectivity index (χ2n) is 7.49. The monoisotopic (exact) mass is 372 g/mol. The van der Waals surface area contributed by atoms with Gasteiger partial charge in [0.2, 0.25) is 0 Å². The third kappa shape index (κ3) is 5.68. The normalized spacial score (nSPS) is 17.9. The van der Waals surface area contributed by atoms with Crippen molar-refractivity contribution in [3.63, 3.8) is 0 Å². The standard InChI is InChI=1S/C22H29FN2O2/c1-16(2)27-22-10-5-17(12-18(22)15-26)13-25-11-3-4-21(14-25)24-20-8-6-19(23)7-9-20/h5-10,12,16,21,24,26H,3-4,11,13-15H2,1-2H3. The zero-order valence-electron chi connectivity index (χ0n) is 16.1. The third-order valence-electron chi connectivity index (χ3n) is 4.78. The van der Waals surface area contributed by atoms with E-state index in [0.29, 0.717) is 6.04 Å². The SMILES string of the molecule is CC(C)Oc1ccc(CN2CCCC(Nc3ccc(F)cc3)C2)cc1CO. The minimum atomic E-state index is -0.213. The first-order valence-corrected chi connectivity index (χ1v) is 9.67. The predicted molar refractivity (Wildman–Crippen MR) is 106 cm³/mol. The van der Waals surface area contributed by atoms with E-state index in [2.05, 4.69) is 16.3 Å². The van der Waals surface area contributed by atoms with E-state index in [-0.39, 0.29) is 18.5 Å². The molecule has 2 aromatic rings. The number of rotatable bonds is 7. The number of likely N-dealkylation sites (tertiary alicyclic amines) is 1. The van der Waals surface area contributed by atoms with E-state index < -0.39 is 0 Å². The smallest absolute Gasteiger partial charge is 0.125 e. The van der Waals surface area contributed by atoms with Crippen molar-refractivity contribution in [1.29, 1.82) is 0 Å². The summed E-state index contributed by atoms with van der Waals surface area (Å²) in [5, 5.41) is 13.2. The van der Waals surface area contributed by atoms with Crippen LogP contribution in [0.4, 0.5) is 10.1 Å². The van der Waals surface area contributed by atoms with Crippen LogP contribution in [0.5, 0.6) is 5.75 Å². The molecule has 3 rings (SSSR count). The molecule has 0 aromatic heterocycles. The van der Waals surface area contributed by atoms with Gasteiger partial charge in [-0.1, -0.05) is 6.07 Å². The first-order valence-electron chi connectivity index (χ1n) is 9.67. The molecule has 1 unspecified atom stereocenters. The molecule has 0 spiro atoms. The summed E-state index contributed by atoms with van der Waals surface area (Å²) >= 11 is 0. The Balaban J connectivity index is 1.60. The average Bonchev–Trinajstić information content (AvgIpc) is 2.65. The van der Waals surface area contributed by atoms with Crippen LogP contribution in [-0.4, -0.2) is 35.2 Å². The minimum Gasteiger partial charge on any atom is -0.491 e. The Morgan fingerprint density at radius 3 is 2.70 bits per heavy atom. The van der Waals surface area contributed by atoms with Crippen molar-refractivity contribution in [2.75, 3.05) is 18.4 Å². The highest BCUT2D eigenvalue weighted by atomic mass is 19.1. The number of nitrogens with zero attached hydrogens (tertiary/aromatic N) is 1. The molecule has 0 aliphatic carbocycles. The molecule has 4 nitrogen and oxygen atoms in total. The quantitative estimate of drug-likeness (QED) is 0.765. The van der Waals surface area contributed by atoms with Crippen LogP contribution in [0.25, 0.3) is 0 Å². The molecule has 146 valence electrons. The maximum atomic E-state index is 13.1. The summed E-state index contributed by atoms with van der Waals surface area (Å²) in [7, 11) is 0. The first-order chi connectivity index (χ1) is 13.0. The van der Waals surface area contributed by atoms with Crippen molar-refractivity contribution in [1.82, 2.24) is 4.90 Å². The van der Waals surface area contributed by atoms with Crippen molar-refractivity contribution in [3.05, 3.63) is 59.4 Å². The van der Waals surface area contributed by atoms with Gasteiger partial charge in [-0.2, -0.15) is 0 Å². The number of aliphatic hydroxyl groups excluding tert-OH is 1. The van der Waals surface area contributed by atoms with Crippen molar-refractivity contribution in [3.8, 4) is 5.75 Å². The Morgan fingerprint density at radius 1 is 1.22 bits per heavy atom. The Bertz CT molecular complexity index is 734. The van der Waals surface area contributed by atoms with E-state index >= 15 is 0 Å². The zero-order chi connectivity index (χ0) is 19.2. The van der Waals surface area contributed by atoms with Crippen LogP contribution in [0.15, 0.2) is 42.5 Å². The number of aliphatic hydroxyl groups is 1. The Kier molecular flexibility index (Phi) is 6.69. The summed E-state index contributed by atoms with van der Waals surface area (Å²) < 4.78 is 18.8. The first kappa shape index (κ1) is 19.6. The van der Waals surface area contributed by atoms with Gasteiger partial charge in [0, 0.05) is 30.4 Å². The van der Waals surface area contributed by atoms with Gasteiger partial charge in [0.1, 0.15) is 11.6 Å². The molecule has 27 heavy (non-hydrogen) atoms. The summed E-state index contributed by atoms with van der Waals surface area (Å²) in [6.07, 6.45) is 2.32. The van der Waals surface area contributed by atoms with Crippen LogP contribution in [0.3, 0.4) is 0 Å². The summed E-state index contributed by atoms with van der Waals surface area (Å²) in [5.74, 6) is 0.543. The van der Waals surface area contributed by atoms with Crippen molar-refractivity contribution in [2.45, 2.75) is 52.0 Å². The zero-order valence-corrected chi connectivity index (χ0v) is 16.1. The summed E-state index contributed by atoms with van der Waals surface area (Å²) in [6, 6.07) is 13.0. The number of anilines is 1. The molecule has 1 saturated heterocycles. The van der Waals surface area contributed by atoms with Crippen LogP contribution >= 0.6 is 0 Å². The van der Waals surface area contributed by atoms with Gasteiger partial charge in [-0.05, 0) is 75.2 Å². The maximum absolute atomic E-state index is 13.1. The van der Waals surface area contributed by atoms with Crippen molar-refractivity contribution < 1.29 is 14.2 Å². The number of benzene rings is 2. The molecule has 0 saturated carbocycles. The van der Waals surface area contributed by atoms with Gasteiger partial charge >= 0.3 is 0 Å². The van der Waals surface area contributed by atoms with Crippen molar-refractivity contribution >= 4 is 5.69 Å². The maximum Gasteiger partial charge on any atom is 0.125 e. The molecular weight excluding hydrogens is 343 g/mol. The Hall–Kier alpha value is -2.11. The molecule has 1 aliphatic heterocycles. The van der Waals surface area contributed by atoms with Crippen LogP contribution < -0.4 is 10.1 Å². The molecule has 1 atom stereocenters. The molecule has 1 aliphatic rings. The largest absolute Gasteiger partial charge is 0.491 e. The lowest BCUT2D eigenvalue weighted by Gasteiger charge is -2.33. The lowest BCUT2D eigenvalue weighted by Crippen LogP contribution is -2.41. The summed E-state index contributed by atoms with van der Waals surface area (Å²) in [4.78, 5) is 2.42. The van der Waals surface area contributed by atoms with Gasteiger partial charge in [0.15, 0.2) is 0 Å². The fraction of sp³-hybridized carbons (Fsp3) is 0.455. The van der Waals surface area contributed by atoms with Crippen LogP contribution in [0, 0.1) is 5.82 Å². The highest BCUT2D eigenvalue weighted by Gasteiger charge is 2.20.